The molecule has 0 aliphatic heterocycles. The quantitative estimate of drug-likeness (QED) is 0.433. The summed E-state index contributed by atoms with van der Waals surface area (Å²) in [6.45, 7) is 4.00. The normalized spacial score (nSPS) is 15.5. The van der Waals surface area contributed by atoms with Gasteiger partial charge in [0.15, 0.2) is 0 Å². The maximum atomic E-state index is 12.8. The number of rotatable bonds is 6. The van der Waals surface area contributed by atoms with Gasteiger partial charge in [-0.3, -0.25) is 14.5 Å². The Hall–Kier alpha value is -4.13. The van der Waals surface area contributed by atoms with Gasteiger partial charge in [0.05, 0.1) is 40.9 Å². The molecule has 0 atom stereocenters. The largest absolute Gasteiger partial charge is 0.386 e. The molecule has 4 N–H and O–H groups in total. The Kier molecular flexibility index (Phi) is 5.64. The van der Waals surface area contributed by atoms with Gasteiger partial charge in [-0.05, 0) is 38.3 Å². The van der Waals surface area contributed by atoms with Crippen molar-refractivity contribution in [1.29, 1.82) is 5.26 Å². The summed E-state index contributed by atoms with van der Waals surface area (Å²) in [6.07, 6.45) is 10.6. The summed E-state index contributed by atoms with van der Waals surface area (Å²) in [5, 5.41) is 13.4. The summed E-state index contributed by atoms with van der Waals surface area (Å²) < 4.78 is 1.57. The van der Waals surface area contributed by atoms with E-state index >= 15 is 0 Å². The molecule has 0 unspecified atom stereocenters. The van der Waals surface area contributed by atoms with Gasteiger partial charge in [0, 0.05) is 30.4 Å². The van der Waals surface area contributed by atoms with Gasteiger partial charge < -0.3 is 11.5 Å². The van der Waals surface area contributed by atoms with Crippen molar-refractivity contribution in [2.24, 2.45) is 16.1 Å². The predicted molar refractivity (Wildman–Crippen MR) is 123 cm³/mol. The van der Waals surface area contributed by atoms with Crippen LogP contribution in [-0.4, -0.2) is 36.5 Å². The molecule has 33 heavy (non-hydrogen) atoms. The van der Waals surface area contributed by atoms with Crippen LogP contribution in [0.1, 0.15) is 49.0 Å². The number of nitriles is 1. The Morgan fingerprint density at radius 3 is 2.52 bits per heavy atom. The molecule has 0 aromatic carbocycles. The van der Waals surface area contributed by atoms with Gasteiger partial charge in [-0.2, -0.15) is 15.4 Å². The highest BCUT2D eigenvalue weighted by atomic mass is 16.1. The van der Waals surface area contributed by atoms with Gasteiger partial charge in [0.25, 0.3) is 5.91 Å². The fourth-order valence-corrected chi connectivity index (χ4v) is 3.82. The van der Waals surface area contributed by atoms with Crippen molar-refractivity contribution in [1.82, 2.24) is 24.7 Å². The minimum atomic E-state index is -0.595. The van der Waals surface area contributed by atoms with Gasteiger partial charge in [0.2, 0.25) is 5.95 Å². The lowest BCUT2D eigenvalue weighted by molar-refractivity contribution is 0.100. The molecule has 0 radical (unpaired) electrons. The zero-order chi connectivity index (χ0) is 23.6. The van der Waals surface area contributed by atoms with E-state index in [2.05, 4.69) is 31.1 Å². The van der Waals surface area contributed by atoms with Gasteiger partial charge in [0.1, 0.15) is 5.84 Å². The zero-order valence-corrected chi connectivity index (χ0v) is 18.6. The van der Waals surface area contributed by atoms with E-state index in [1.807, 2.05) is 26.0 Å². The summed E-state index contributed by atoms with van der Waals surface area (Å²) in [6, 6.07) is 6.05. The fraction of sp³-hybridized carbons (Fsp3) is 0.348. The molecule has 3 heterocycles. The Balaban J connectivity index is 1.54. The molecule has 0 spiro atoms. The Morgan fingerprint density at radius 1 is 1.21 bits per heavy atom. The summed E-state index contributed by atoms with van der Waals surface area (Å²) in [7, 11) is 0. The topological polar surface area (TPSA) is 162 Å². The third-order valence-corrected chi connectivity index (χ3v) is 5.94. The minimum absolute atomic E-state index is 0.205. The highest BCUT2D eigenvalue weighted by Gasteiger charge is 2.43. The van der Waals surface area contributed by atoms with E-state index in [4.69, 9.17) is 11.5 Å². The van der Waals surface area contributed by atoms with Gasteiger partial charge in [-0.15, -0.1) is 0 Å². The number of amidine groups is 1. The summed E-state index contributed by atoms with van der Waals surface area (Å²) >= 11 is 0. The van der Waals surface area contributed by atoms with E-state index in [9.17, 15) is 10.1 Å². The molecule has 168 valence electrons. The Bertz CT molecular complexity index is 1230. The second-order valence-electron chi connectivity index (χ2n) is 8.92. The Morgan fingerprint density at radius 2 is 1.94 bits per heavy atom. The summed E-state index contributed by atoms with van der Waals surface area (Å²) in [5.74, 6) is 0.0226. The van der Waals surface area contributed by atoms with Crippen molar-refractivity contribution in [3.63, 3.8) is 0 Å². The van der Waals surface area contributed by atoms with E-state index in [1.165, 1.54) is 6.20 Å². The average Bonchev–Trinajstić information content (AvgIpc) is 3.22. The fourth-order valence-electron chi connectivity index (χ4n) is 3.82. The lowest BCUT2D eigenvalue weighted by Gasteiger charge is -2.41. The maximum absolute atomic E-state index is 12.8. The van der Waals surface area contributed by atoms with Crippen molar-refractivity contribution >= 4 is 17.7 Å². The lowest BCUT2D eigenvalue weighted by atomic mass is 9.64. The van der Waals surface area contributed by atoms with Crippen molar-refractivity contribution in [2.45, 2.75) is 45.1 Å². The molecule has 10 nitrogen and oxygen atoms in total. The smallest absolute Gasteiger partial charge is 0.281 e. The van der Waals surface area contributed by atoms with Gasteiger partial charge >= 0.3 is 0 Å². The first-order valence-corrected chi connectivity index (χ1v) is 10.6. The highest BCUT2D eigenvalue weighted by Crippen LogP contribution is 2.44. The summed E-state index contributed by atoms with van der Waals surface area (Å²) in [4.78, 5) is 29.5. The number of nitrogen functional groups attached to an aromatic ring is 1. The number of nitrogens with zero attached hydrogens (tertiary/aromatic N) is 7. The molecule has 10 heteroatoms. The van der Waals surface area contributed by atoms with Crippen LogP contribution in [0, 0.1) is 16.7 Å². The zero-order valence-electron chi connectivity index (χ0n) is 18.6. The van der Waals surface area contributed by atoms with Crippen LogP contribution >= 0.6 is 0 Å². The van der Waals surface area contributed by atoms with E-state index in [0.29, 0.717) is 17.8 Å². The molecule has 3 aromatic heterocycles. The second-order valence-corrected chi connectivity index (χ2v) is 8.92. The molecule has 1 aliphatic carbocycles. The van der Waals surface area contributed by atoms with E-state index in [1.54, 1.807) is 29.5 Å². The number of amides is 1. The van der Waals surface area contributed by atoms with Crippen molar-refractivity contribution in [3.8, 4) is 17.3 Å². The molecular weight excluding hydrogens is 418 g/mol. The Labute approximate surface area is 191 Å². The molecule has 0 saturated heterocycles. The van der Waals surface area contributed by atoms with Crippen LogP contribution in [0.15, 0.2) is 48.1 Å². The molecule has 3 aromatic rings. The number of aliphatic imine (C=N–C) groups is 1. The third kappa shape index (κ3) is 4.43. The van der Waals surface area contributed by atoms with Crippen LogP contribution in [-0.2, 0) is 12.0 Å². The van der Waals surface area contributed by atoms with Crippen molar-refractivity contribution in [2.75, 3.05) is 5.73 Å². The first-order chi connectivity index (χ1) is 15.7. The number of carbonyl (C=O) groups excluding carboxylic acids is 1. The monoisotopic (exact) mass is 443 g/mol. The van der Waals surface area contributed by atoms with Crippen molar-refractivity contribution < 1.29 is 4.79 Å². The lowest BCUT2D eigenvalue weighted by Crippen LogP contribution is -2.47. The number of hydrogen-bond donors (Lipinski definition) is 2. The SMILES string of the molecule is CC(C)(C#N)Cn1cc(C(=O)N=C(N)C2(c3ccc(-c4cnc(N)nc4)nc3)CCC2)cn1. The molecule has 1 aliphatic rings. The van der Waals surface area contributed by atoms with Crippen LogP contribution in [0.25, 0.3) is 11.3 Å². The number of pyridine rings is 1. The molecule has 1 amide bonds. The number of nitrogens with two attached hydrogens (primary N) is 2. The molecular formula is C23H25N9O. The van der Waals surface area contributed by atoms with Crippen molar-refractivity contribution in [3.05, 3.63) is 54.2 Å². The molecule has 0 bridgehead atoms. The number of carbonyl (C=O) groups is 1. The van der Waals surface area contributed by atoms with Crippen LogP contribution in [0.4, 0.5) is 5.95 Å². The van der Waals surface area contributed by atoms with E-state index in [0.717, 1.165) is 30.4 Å². The maximum Gasteiger partial charge on any atom is 0.281 e. The number of aromatic nitrogens is 5. The van der Waals surface area contributed by atoms with Gasteiger partial charge in [-0.1, -0.05) is 12.5 Å². The number of hydrogen-bond acceptors (Lipinski definition) is 7. The average molecular weight is 444 g/mol. The van der Waals surface area contributed by atoms with Crippen LogP contribution in [0.3, 0.4) is 0 Å². The molecule has 1 fully saturated rings. The minimum Gasteiger partial charge on any atom is -0.386 e. The first kappa shape index (κ1) is 22.1. The standard InChI is InChI=1S/C23H25N9O/c1-22(2,13-24)14-32-12-16(10-30-32)19(33)31-20(25)23(6-3-7-23)17-4-5-18(27-11-17)15-8-28-21(26)29-9-15/h4-5,8-12H,3,6-7,14H2,1-2H3,(H2,25,31,33)(H2,26,28,29). The highest BCUT2D eigenvalue weighted by molar-refractivity contribution is 6.06. The van der Waals surface area contributed by atoms with Crippen LogP contribution in [0.5, 0.6) is 0 Å². The van der Waals surface area contributed by atoms with Gasteiger partial charge in [-0.25, -0.2) is 9.97 Å². The van der Waals surface area contributed by atoms with Crippen LogP contribution < -0.4 is 11.5 Å². The predicted octanol–water partition coefficient (Wildman–Crippen LogP) is 2.49. The molecule has 1 saturated carbocycles. The number of anilines is 1. The van der Waals surface area contributed by atoms with E-state index in [-0.39, 0.29) is 11.8 Å². The molecule has 4 rings (SSSR count). The third-order valence-electron chi connectivity index (χ3n) is 5.94. The summed E-state index contributed by atoms with van der Waals surface area (Å²) in [5.41, 5.74) is 13.5. The van der Waals surface area contributed by atoms with E-state index < -0.39 is 16.7 Å². The second kappa shape index (κ2) is 8.43. The first-order valence-electron chi connectivity index (χ1n) is 10.6. The van der Waals surface area contributed by atoms with Crippen LogP contribution in [0.2, 0.25) is 0 Å².